The second-order valence-electron chi connectivity index (χ2n) is 8.48. The van der Waals surface area contributed by atoms with E-state index >= 15 is 0 Å². The summed E-state index contributed by atoms with van der Waals surface area (Å²) in [6, 6.07) is 5.92. The molecule has 0 spiro atoms. The second kappa shape index (κ2) is 10.8. The Labute approximate surface area is 175 Å². The Morgan fingerprint density at radius 2 is 2.03 bits per heavy atom. The van der Waals surface area contributed by atoms with E-state index in [2.05, 4.69) is 22.0 Å². The maximum atomic E-state index is 12.3. The first-order chi connectivity index (χ1) is 14.1. The van der Waals surface area contributed by atoms with Crippen LogP contribution in [-0.2, 0) is 11.3 Å². The molecule has 1 aromatic carbocycles. The number of amides is 1. The minimum absolute atomic E-state index is 0.205. The van der Waals surface area contributed by atoms with Gasteiger partial charge in [-0.2, -0.15) is 0 Å². The number of carbonyl (C=O) groups excluding carboxylic acids is 1. The van der Waals surface area contributed by atoms with E-state index in [0.29, 0.717) is 24.1 Å². The average molecular weight is 404 g/mol. The number of rotatable bonds is 9. The molecule has 2 fully saturated rings. The smallest absolute Gasteiger partial charge is 0.220 e. The van der Waals surface area contributed by atoms with E-state index in [-0.39, 0.29) is 5.91 Å². The lowest BCUT2D eigenvalue weighted by Crippen LogP contribution is -2.40. The standard InChI is InChI=1S/C23H37N3O3/c1-3-26-12-4-5-20(26)16-24-23(28)9-6-18-10-13-25(14-11-18)17-19-15-21(29-2)7-8-22(19)27/h7-8,15,18,20,27H,3-6,9-14,16-17H2,1-2H3,(H,24,28)/t20-/m0/s1. The number of likely N-dealkylation sites (tertiary alicyclic amines) is 2. The van der Waals surface area contributed by atoms with Crippen molar-refractivity contribution in [2.24, 2.45) is 5.92 Å². The van der Waals surface area contributed by atoms with Gasteiger partial charge in [-0.1, -0.05) is 6.92 Å². The molecular weight excluding hydrogens is 366 g/mol. The highest BCUT2D eigenvalue weighted by molar-refractivity contribution is 5.75. The first kappa shape index (κ1) is 21.9. The van der Waals surface area contributed by atoms with Gasteiger partial charge in [0.05, 0.1) is 7.11 Å². The van der Waals surface area contributed by atoms with E-state index in [4.69, 9.17) is 4.74 Å². The third kappa shape index (κ3) is 6.34. The Morgan fingerprint density at radius 3 is 2.76 bits per heavy atom. The molecule has 1 amide bonds. The van der Waals surface area contributed by atoms with Gasteiger partial charge in [0.1, 0.15) is 11.5 Å². The van der Waals surface area contributed by atoms with Gasteiger partial charge in [0, 0.05) is 31.1 Å². The summed E-state index contributed by atoms with van der Waals surface area (Å²) in [6.07, 6.45) is 6.30. The summed E-state index contributed by atoms with van der Waals surface area (Å²) < 4.78 is 5.26. The van der Waals surface area contributed by atoms with Crippen molar-refractivity contribution in [3.05, 3.63) is 23.8 Å². The van der Waals surface area contributed by atoms with Crippen molar-refractivity contribution >= 4 is 5.91 Å². The zero-order chi connectivity index (χ0) is 20.6. The summed E-state index contributed by atoms with van der Waals surface area (Å²) in [4.78, 5) is 17.1. The summed E-state index contributed by atoms with van der Waals surface area (Å²) in [7, 11) is 1.64. The summed E-state index contributed by atoms with van der Waals surface area (Å²) in [6.45, 7) is 8.01. The molecule has 162 valence electrons. The fourth-order valence-electron chi connectivity index (χ4n) is 4.69. The lowest BCUT2D eigenvalue weighted by Gasteiger charge is -2.32. The molecule has 2 heterocycles. The van der Waals surface area contributed by atoms with E-state index in [1.54, 1.807) is 19.2 Å². The van der Waals surface area contributed by atoms with Crippen LogP contribution in [0, 0.1) is 5.92 Å². The number of nitrogens with zero attached hydrogens (tertiary/aromatic N) is 2. The zero-order valence-electron chi connectivity index (χ0n) is 18.0. The molecule has 2 aliphatic rings. The average Bonchev–Trinajstić information content (AvgIpc) is 3.21. The molecule has 1 aromatic rings. The predicted molar refractivity (Wildman–Crippen MR) is 115 cm³/mol. The highest BCUT2D eigenvalue weighted by Gasteiger charge is 2.24. The van der Waals surface area contributed by atoms with Crippen LogP contribution in [0.3, 0.4) is 0 Å². The highest BCUT2D eigenvalue weighted by atomic mass is 16.5. The number of phenols is 1. The molecule has 0 saturated carbocycles. The number of piperidine rings is 1. The molecule has 0 aliphatic carbocycles. The van der Waals surface area contributed by atoms with Crippen LogP contribution in [0.1, 0.15) is 51.0 Å². The third-order valence-electron chi connectivity index (χ3n) is 6.61. The van der Waals surface area contributed by atoms with Crippen molar-refractivity contribution in [3.8, 4) is 11.5 Å². The molecule has 0 aromatic heterocycles. The molecule has 0 unspecified atom stereocenters. The molecular formula is C23H37N3O3. The minimum atomic E-state index is 0.205. The van der Waals surface area contributed by atoms with Crippen LogP contribution in [0.15, 0.2) is 18.2 Å². The number of carbonyl (C=O) groups is 1. The van der Waals surface area contributed by atoms with Crippen LogP contribution in [0.4, 0.5) is 0 Å². The fraction of sp³-hybridized carbons (Fsp3) is 0.696. The molecule has 3 rings (SSSR count). The van der Waals surface area contributed by atoms with Gasteiger partial charge in [0.25, 0.3) is 0 Å². The number of benzene rings is 1. The van der Waals surface area contributed by atoms with Crippen molar-refractivity contribution in [2.45, 2.75) is 58.0 Å². The summed E-state index contributed by atoms with van der Waals surface area (Å²) >= 11 is 0. The Balaban J connectivity index is 1.34. The molecule has 29 heavy (non-hydrogen) atoms. The van der Waals surface area contributed by atoms with Gasteiger partial charge in [0.2, 0.25) is 5.91 Å². The number of ether oxygens (including phenoxy) is 1. The van der Waals surface area contributed by atoms with E-state index in [9.17, 15) is 9.90 Å². The predicted octanol–water partition coefficient (Wildman–Crippen LogP) is 2.99. The molecule has 2 aliphatic heterocycles. The molecule has 1 atom stereocenters. The summed E-state index contributed by atoms with van der Waals surface area (Å²) in [5.74, 6) is 1.93. The van der Waals surface area contributed by atoms with Crippen molar-refractivity contribution in [1.82, 2.24) is 15.1 Å². The van der Waals surface area contributed by atoms with Crippen molar-refractivity contribution in [1.29, 1.82) is 0 Å². The lowest BCUT2D eigenvalue weighted by atomic mass is 9.91. The Kier molecular flexibility index (Phi) is 8.19. The van der Waals surface area contributed by atoms with E-state index in [1.165, 1.54) is 19.4 Å². The number of hydrogen-bond acceptors (Lipinski definition) is 5. The Bertz CT molecular complexity index is 659. The van der Waals surface area contributed by atoms with E-state index in [0.717, 1.165) is 63.3 Å². The van der Waals surface area contributed by atoms with Crippen molar-refractivity contribution in [2.75, 3.05) is 39.8 Å². The molecule has 2 N–H and O–H groups in total. The van der Waals surface area contributed by atoms with Crippen molar-refractivity contribution in [3.63, 3.8) is 0 Å². The highest BCUT2D eigenvalue weighted by Crippen LogP contribution is 2.27. The topological polar surface area (TPSA) is 65.0 Å². The van der Waals surface area contributed by atoms with Gasteiger partial charge in [0.15, 0.2) is 0 Å². The number of hydrogen-bond donors (Lipinski definition) is 2. The van der Waals surface area contributed by atoms with Gasteiger partial charge in [-0.25, -0.2) is 0 Å². The normalized spacial score (nSPS) is 21.4. The van der Waals surface area contributed by atoms with Crippen LogP contribution in [0.5, 0.6) is 11.5 Å². The Morgan fingerprint density at radius 1 is 1.24 bits per heavy atom. The van der Waals surface area contributed by atoms with Crippen LogP contribution in [0.2, 0.25) is 0 Å². The number of likely N-dealkylation sites (N-methyl/N-ethyl adjacent to an activating group) is 1. The van der Waals surface area contributed by atoms with Gasteiger partial charge in [-0.15, -0.1) is 0 Å². The quantitative estimate of drug-likeness (QED) is 0.664. The largest absolute Gasteiger partial charge is 0.508 e. The van der Waals surface area contributed by atoms with Crippen LogP contribution < -0.4 is 10.1 Å². The number of phenolic OH excluding ortho intramolecular Hbond substituents is 1. The fourth-order valence-corrected chi connectivity index (χ4v) is 4.69. The number of methoxy groups -OCH3 is 1. The molecule has 6 nitrogen and oxygen atoms in total. The molecule has 2 saturated heterocycles. The molecule has 0 bridgehead atoms. The zero-order valence-corrected chi connectivity index (χ0v) is 18.0. The van der Waals surface area contributed by atoms with Crippen LogP contribution in [0.25, 0.3) is 0 Å². The SMILES string of the molecule is CCN1CCC[C@H]1CNC(=O)CCC1CCN(Cc2cc(OC)ccc2O)CC1. The maximum absolute atomic E-state index is 12.3. The van der Waals surface area contributed by atoms with Crippen LogP contribution in [-0.4, -0.2) is 66.7 Å². The minimum Gasteiger partial charge on any atom is -0.508 e. The maximum Gasteiger partial charge on any atom is 0.220 e. The summed E-state index contributed by atoms with van der Waals surface area (Å²) in [5, 5.41) is 13.2. The number of aromatic hydroxyl groups is 1. The first-order valence-electron chi connectivity index (χ1n) is 11.2. The van der Waals surface area contributed by atoms with E-state index < -0.39 is 0 Å². The Hall–Kier alpha value is -1.79. The molecule has 6 heteroatoms. The summed E-state index contributed by atoms with van der Waals surface area (Å²) in [5.41, 5.74) is 0.912. The molecule has 0 radical (unpaired) electrons. The third-order valence-corrected chi connectivity index (χ3v) is 6.61. The second-order valence-corrected chi connectivity index (χ2v) is 8.48. The monoisotopic (exact) mass is 403 g/mol. The number of nitrogens with one attached hydrogen (secondary N) is 1. The van der Waals surface area contributed by atoms with E-state index in [1.807, 2.05) is 6.07 Å². The first-order valence-corrected chi connectivity index (χ1v) is 11.2. The lowest BCUT2D eigenvalue weighted by molar-refractivity contribution is -0.121. The van der Waals surface area contributed by atoms with Gasteiger partial charge < -0.3 is 15.2 Å². The van der Waals surface area contributed by atoms with Gasteiger partial charge in [-0.05, 0) is 82.4 Å². The van der Waals surface area contributed by atoms with Crippen molar-refractivity contribution < 1.29 is 14.6 Å². The van der Waals surface area contributed by atoms with Crippen LogP contribution >= 0.6 is 0 Å². The van der Waals surface area contributed by atoms with Gasteiger partial charge in [-0.3, -0.25) is 14.6 Å². The van der Waals surface area contributed by atoms with Gasteiger partial charge >= 0.3 is 0 Å².